The number of ether oxygens (including phenoxy) is 1. The molecule has 0 aromatic carbocycles. The second kappa shape index (κ2) is 5.83. The molecule has 0 saturated carbocycles. The molecule has 0 unspecified atom stereocenters. The molecule has 9 heteroatoms. The van der Waals surface area contributed by atoms with Gasteiger partial charge in [0.25, 0.3) is 0 Å². The first-order valence-corrected chi connectivity index (χ1v) is 6.06. The Bertz CT molecular complexity index is 586. The van der Waals surface area contributed by atoms with Crippen LogP contribution in [0.3, 0.4) is 0 Å². The van der Waals surface area contributed by atoms with Gasteiger partial charge in [-0.3, -0.25) is 14.5 Å². The number of nitrogens with zero attached hydrogens (tertiary/aromatic N) is 2. The van der Waals surface area contributed by atoms with Crippen molar-refractivity contribution in [2.75, 3.05) is 13.3 Å². The standard InChI is InChI=1S/C11H16FN3O5/c12-2-4-14-7(13)1-3-15(11(14)19)10-9(18)8(17)6(5-16)20-10/h1,3,6,8-10,13,16-18H,2,4-5H2/t6-,8-,9-,10-/m1/s1. The Hall–Kier alpha value is -1.55. The molecule has 2 rings (SSSR count). The van der Waals surface area contributed by atoms with Crippen LogP contribution >= 0.6 is 0 Å². The predicted octanol–water partition coefficient (Wildman–Crippen LogP) is -2.29. The molecule has 0 radical (unpaired) electrons. The fourth-order valence-electron chi connectivity index (χ4n) is 2.15. The molecule has 1 aromatic heterocycles. The first kappa shape index (κ1) is 14.9. The van der Waals surface area contributed by atoms with Crippen LogP contribution in [0.4, 0.5) is 4.39 Å². The summed E-state index contributed by atoms with van der Waals surface area (Å²) in [5.41, 5.74) is -0.902. The quantitative estimate of drug-likeness (QED) is 0.497. The van der Waals surface area contributed by atoms with Crippen molar-refractivity contribution in [1.29, 1.82) is 5.41 Å². The summed E-state index contributed by atoms with van der Waals surface area (Å²) in [5.74, 6) is 0. The largest absolute Gasteiger partial charge is 0.394 e. The van der Waals surface area contributed by atoms with Crippen LogP contribution in [0.25, 0.3) is 0 Å². The van der Waals surface area contributed by atoms with Crippen molar-refractivity contribution >= 4 is 0 Å². The average molecular weight is 289 g/mol. The maximum Gasteiger partial charge on any atom is 0.331 e. The van der Waals surface area contributed by atoms with E-state index in [1.807, 2.05) is 0 Å². The minimum Gasteiger partial charge on any atom is -0.394 e. The van der Waals surface area contributed by atoms with Crippen LogP contribution in [0.2, 0.25) is 0 Å². The Balaban J connectivity index is 2.42. The topological polar surface area (TPSA) is 121 Å². The molecular formula is C11H16FN3O5. The molecule has 20 heavy (non-hydrogen) atoms. The van der Waals surface area contributed by atoms with E-state index < -0.39 is 43.5 Å². The van der Waals surface area contributed by atoms with Crippen molar-refractivity contribution in [3.63, 3.8) is 0 Å². The normalized spacial score (nSPS) is 29.8. The van der Waals surface area contributed by atoms with Gasteiger partial charge in [-0.2, -0.15) is 0 Å². The molecule has 4 N–H and O–H groups in total. The molecule has 0 bridgehead atoms. The molecular weight excluding hydrogens is 273 g/mol. The zero-order valence-corrected chi connectivity index (χ0v) is 10.5. The molecule has 0 aliphatic carbocycles. The fourth-order valence-corrected chi connectivity index (χ4v) is 2.15. The van der Waals surface area contributed by atoms with Crippen LogP contribution in [0.5, 0.6) is 0 Å². The van der Waals surface area contributed by atoms with E-state index in [4.69, 9.17) is 15.3 Å². The van der Waals surface area contributed by atoms with Gasteiger partial charge in [0.05, 0.1) is 13.2 Å². The molecule has 4 atom stereocenters. The van der Waals surface area contributed by atoms with Gasteiger partial charge in [-0.05, 0) is 6.07 Å². The van der Waals surface area contributed by atoms with Gasteiger partial charge >= 0.3 is 5.69 Å². The second-order valence-electron chi connectivity index (χ2n) is 4.46. The van der Waals surface area contributed by atoms with Gasteiger partial charge in [0.1, 0.15) is 30.5 Å². The SMILES string of the molecule is N=c1ccn([C@@H]2O[C@H](CO)[C@@H](O)[C@H]2O)c(=O)n1CCF. The molecule has 1 aliphatic rings. The molecule has 2 heterocycles. The Morgan fingerprint density at radius 1 is 1.40 bits per heavy atom. The monoisotopic (exact) mass is 289 g/mol. The van der Waals surface area contributed by atoms with Gasteiger partial charge in [-0.25, -0.2) is 9.18 Å². The number of alkyl halides is 1. The van der Waals surface area contributed by atoms with Gasteiger partial charge in [0, 0.05) is 6.20 Å². The summed E-state index contributed by atoms with van der Waals surface area (Å²) >= 11 is 0. The Labute approximate surface area is 112 Å². The first-order valence-electron chi connectivity index (χ1n) is 6.06. The first-order chi connectivity index (χ1) is 9.51. The lowest BCUT2D eigenvalue weighted by atomic mass is 10.1. The molecule has 0 amide bonds. The highest BCUT2D eigenvalue weighted by atomic mass is 19.1. The minimum atomic E-state index is -1.40. The summed E-state index contributed by atoms with van der Waals surface area (Å²) in [7, 11) is 0. The van der Waals surface area contributed by atoms with Gasteiger partial charge < -0.3 is 20.1 Å². The zero-order valence-electron chi connectivity index (χ0n) is 10.5. The van der Waals surface area contributed by atoms with Crippen molar-refractivity contribution in [1.82, 2.24) is 9.13 Å². The van der Waals surface area contributed by atoms with Crippen molar-refractivity contribution in [3.05, 3.63) is 28.2 Å². The number of aliphatic hydroxyl groups is 3. The molecule has 1 saturated heterocycles. The third kappa shape index (κ3) is 2.40. The summed E-state index contributed by atoms with van der Waals surface area (Å²) in [5, 5.41) is 36.0. The molecule has 1 fully saturated rings. The Morgan fingerprint density at radius 3 is 2.65 bits per heavy atom. The molecule has 0 spiro atoms. The highest BCUT2D eigenvalue weighted by molar-refractivity contribution is 4.93. The number of aromatic nitrogens is 2. The van der Waals surface area contributed by atoms with E-state index in [-0.39, 0.29) is 12.0 Å². The van der Waals surface area contributed by atoms with Crippen LogP contribution in [-0.2, 0) is 11.3 Å². The van der Waals surface area contributed by atoms with Crippen LogP contribution in [0.15, 0.2) is 17.1 Å². The predicted molar refractivity (Wildman–Crippen MR) is 63.5 cm³/mol. The number of hydrogen-bond donors (Lipinski definition) is 4. The highest BCUT2D eigenvalue weighted by Gasteiger charge is 2.43. The molecule has 112 valence electrons. The van der Waals surface area contributed by atoms with Crippen LogP contribution < -0.4 is 11.2 Å². The Kier molecular flexibility index (Phi) is 4.33. The summed E-state index contributed by atoms with van der Waals surface area (Å²) in [6, 6.07) is 1.26. The third-order valence-corrected chi connectivity index (χ3v) is 3.24. The van der Waals surface area contributed by atoms with E-state index in [2.05, 4.69) is 0 Å². The van der Waals surface area contributed by atoms with E-state index >= 15 is 0 Å². The van der Waals surface area contributed by atoms with E-state index in [9.17, 15) is 19.4 Å². The smallest absolute Gasteiger partial charge is 0.331 e. The van der Waals surface area contributed by atoms with E-state index in [1.165, 1.54) is 12.3 Å². The summed E-state index contributed by atoms with van der Waals surface area (Å²) < 4.78 is 19.5. The summed E-state index contributed by atoms with van der Waals surface area (Å²) in [6.45, 7) is -1.61. The fraction of sp³-hybridized carbons (Fsp3) is 0.636. The lowest BCUT2D eigenvalue weighted by molar-refractivity contribution is -0.0556. The van der Waals surface area contributed by atoms with Gasteiger partial charge in [-0.15, -0.1) is 0 Å². The average Bonchev–Trinajstić information content (AvgIpc) is 2.71. The van der Waals surface area contributed by atoms with Crippen LogP contribution in [-0.4, -0.2) is 56.0 Å². The lowest BCUT2D eigenvalue weighted by Gasteiger charge is -2.18. The third-order valence-electron chi connectivity index (χ3n) is 3.24. The van der Waals surface area contributed by atoms with Crippen molar-refractivity contribution in [2.24, 2.45) is 0 Å². The van der Waals surface area contributed by atoms with Crippen LogP contribution in [0, 0.1) is 5.41 Å². The summed E-state index contributed by atoms with van der Waals surface area (Å²) in [6.07, 6.45) is -3.71. The molecule has 8 nitrogen and oxygen atoms in total. The summed E-state index contributed by atoms with van der Waals surface area (Å²) in [4.78, 5) is 12.1. The Morgan fingerprint density at radius 2 is 2.10 bits per heavy atom. The number of hydrogen-bond acceptors (Lipinski definition) is 6. The van der Waals surface area contributed by atoms with Gasteiger partial charge in [-0.1, -0.05) is 0 Å². The second-order valence-corrected chi connectivity index (χ2v) is 4.46. The van der Waals surface area contributed by atoms with Gasteiger partial charge in [0.15, 0.2) is 6.23 Å². The number of rotatable bonds is 4. The maximum absolute atomic E-state index is 12.4. The zero-order chi connectivity index (χ0) is 14.9. The highest BCUT2D eigenvalue weighted by Crippen LogP contribution is 2.27. The van der Waals surface area contributed by atoms with Crippen molar-refractivity contribution < 1.29 is 24.4 Å². The van der Waals surface area contributed by atoms with Gasteiger partial charge in [0.2, 0.25) is 0 Å². The van der Waals surface area contributed by atoms with E-state index in [0.29, 0.717) is 0 Å². The number of aliphatic hydroxyl groups excluding tert-OH is 3. The van der Waals surface area contributed by atoms with Crippen molar-refractivity contribution in [2.45, 2.75) is 31.1 Å². The van der Waals surface area contributed by atoms with E-state index in [0.717, 1.165) is 9.13 Å². The number of halogens is 1. The molecule has 1 aromatic rings. The minimum absolute atomic E-state index is 0.171. The van der Waals surface area contributed by atoms with Crippen LogP contribution in [0.1, 0.15) is 6.23 Å². The molecule has 1 aliphatic heterocycles. The maximum atomic E-state index is 12.4. The van der Waals surface area contributed by atoms with E-state index in [1.54, 1.807) is 0 Å². The number of nitrogens with one attached hydrogen (secondary N) is 1. The lowest BCUT2D eigenvalue weighted by Crippen LogP contribution is -2.43. The van der Waals surface area contributed by atoms with Crippen molar-refractivity contribution in [3.8, 4) is 0 Å².